The largest absolute Gasteiger partial charge is 0.416 e. The quantitative estimate of drug-likeness (QED) is 0.533. The summed E-state index contributed by atoms with van der Waals surface area (Å²) in [5.41, 5.74) is 1.11. The number of aromatic nitrogens is 1. The standard InChI is InChI=1S/C25H26F3N5O3/c1-15-4-5-19(13-22(15)31-24(35)21-14-29-36-16(21)2)30-23(34)17-10-18(25(26,27)28)12-20(11-17)33-8-6-32(3)7-9-33/h4-5,10-14H,6-9H2,1-3H3,(H,30,34)(H,31,35). The minimum atomic E-state index is -4.60. The highest BCUT2D eigenvalue weighted by atomic mass is 19.4. The van der Waals surface area contributed by atoms with Gasteiger partial charge in [-0.2, -0.15) is 13.2 Å². The third kappa shape index (κ3) is 5.68. The van der Waals surface area contributed by atoms with Gasteiger partial charge in [-0.25, -0.2) is 0 Å². The molecule has 1 fully saturated rings. The second kappa shape index (κ2) is 10.0. The van der Waals surface area contributed by atoms with Crippen molar-refractivity contribution in [2.45, 2.75) is 20.0 Å². The van der Waals surface area contributed by atoms with E-state index in [2.05, 4.69) is 20.7 Å². The Bertz CT molecular complexity index is 1280. The molecule has 0 atom stereocenters. The molecule has 1 aliphatic rings. The van der Waals surface area contributed by atoms with Crippen LogP contribution in [-0.4, -0.2) is 55.1 Å². The van der Waals surface area contributed by atoms with Crippen molar-refractivity contribution >= 4 is 28.9 Å². The number of piperazine rings is 1. The van der Waals surface area contributed by atoms with Gasteiger partial charge in [-0.1, -0.05) is 11.2 Å². The Kier molecular flexibility index (Phi) is 7.02. The molecule has 1 saturated heterocycles. The Labute approximate surface area is 206 Å². The zero-order valence-electron chi connectivity index (χ0n) is 20.1. The molecule has 8 nitrogen and oxygen atoms in total. The number of aryl methyl sites for hydroxylation is 2. The van der Waals surface area contributed by atoms with Gasteiger partial charge in [-0.15, -0.1) is 0 Å². The number of halogens is 3. The molecule has 2 amide bonds. The average molecular weight is 502 g/mol. The zero-order valence-corrected chi connectivity index (χ0v) is 20.1. The summed E-state index contributed by atoms with van der Waals surface area (Å²) in [6.07, 6.45) is -3.30. The van der Waals surface area contributed by atoms with Crippen LogP contribution < -0.4 is 15.5 Å². The van der Waals surface area contributed by atoms with E-state index in [1.54, 1.807) is 32.0 Å². The summed E-state index contributed by atoms with van der Waals surface area (Å²) in [6, 6.07) is 8.25. The minimum absolute atomic E-state index is 0.106. The number of hydrogen-bond acceptors (Lipinski definition) is 6. The fourth-order valence-electron chi connectivity index (χ4n) is 3.90. The second-order valence-electron chi connectivity index (χ2n) is 8.79. The van der Waals surface area contributed by atoms with E-state index in [0.717, 1.165) is 17.7 Å². The van der Waals surface area contributed by atoms with Crippen LogP contribution in [0.3, 0.4) is 0 Å². The average Bonchev–Trinajstić information content (AvgIpc) is 3.26. The molecule has 1 aliphatic heterocycles. The highest BCUT2D eigenvalue weighted by Crippen LogP contribution is 2.34. The molecule has 0 saturated carbocycles. The molecule has 0 bridgehead atoms. The molecular weight excluding hydrogens is 475 g/mol. The van der Waals surface area contributed by atoms with E-state index in [-0.39, 0.29) is 11.1 Å². The molecule has 4 rings (SSSR count). The van der Waals surface area contributed by atoms with Gasteiger partial charge < -0.3 is 25.0 Å². The van der Waals surface area contributed by atoms with Crippen LogP contribution >= 0.6 is 0 Å². The number of likely N-dealkylation sites (N-methyl/N-ethyl adjacent to an activating group) is 1. The molecule has 3 aromatic rings. The molecular formula is C25H26F3N5O3. The van der Waals surface area contributed by atoms with E-state index in [9.17, 15) is 22.8 Å². The van der Waals surface area contributed by atoms with Gasteiger partial charge in [0.1, 0.15) is 11.3 Å². The van der Waals surface area contributed by atoms with Gasteiger partial charge in [-0.05, 0) is 56.8 Å². The lowest BCUT2D eigenvalue weighted by molar-refractivity contribution is -0.137. The number of nitrogens with one attached hydrogen (secondary N) is 2. The first kappa shape index (κ1) is 25.2. The molecule has 0 spiro atoms. The monoisotopic (exact) mass is 501 g/mol. The lowest BCUT2D eigenvalue weighted by atomic mass is 10.1. The number of carbonyl (C=O) groups is 2. The summed E-state index contributed by atoms with van der Waals surface area (Å²) in [4.78, 5) is 29.5. The van der Waals surface area contributed by atoms with Crippen molar-refractivity contribution < 1.29 is 27.3 Å². The summed E-state index contributed by atoms with van der Waals surface area (Å²) in [7, 11) is 1.95. The SMILES string of the molecule is Cc1ccc(NC(=O)c2cc(N3CCN(C)CC3)cc(C(F)(F)F)c2)cc1NC(=O)c1cnoc1C. The minimum Gasteiger partial charge on any atom is -0.369 e. The van der Waals surface area contributed by atoms with Crippen LogP contribution in [0.15, 0.2) is 47.1 Å². The maximum absolute atomic E-state index is 13.6. The van der Waals surface area contributed by atoms with Crippen LogP contribution in [0.5, 0.6) is 0 Å². The number of nitrogens with zero attached hydrogens (tertiary/aromatic N) is 3. The van der Waals surface area contributed by atoms with Crippen molar-refractivity contribution in [1.29, 1.82) is 0 Å². The van der Waals surface area contributed by atoms with Crippen LogP contribution in [0.1, 0.15) is 37.6 Å². The van der Waals surface area contributed by atoms with Crippen LogP contribution in [0.25, 0.3) is 0 Å². The number of benzene rings is 2. The van der Waals surface area contributed by atoms with Crippen molar-refractivity contribution in [2.75, 3.05) is 48.8 Å². The van der Waals surface area contributed by atoms with Gasteiger partial charge in [0, 0.05) is 48.8 Å². The van der Waals surface area contributed by atoms with Gasteiger partial charge in [0.15, 0.2) is 0 Å². The van der Waals surface area contributed by atoms with Gasteiger partial charge in [0.05, 0.1) is 11.8 Å². The third-order valence-electron chi connectivity index (χ3n) is 6.11. The van der Waals surface area contributed by atoms with Crippen LogP contribution in [-0.2, 0) is 6.18 Å². The number of alkyl halides is 3. The predicted octanol–water partition coefficient (Wildman–Crippen LogP) is 4.57. The van der Waals surface area contributed by atoms with E-state index in [1.165, 1.54) is 12.3 Å². The highest BCUT2D eigenvalue weighted by Gasteiger charge is 2.32. The molecule has 36 heavy (non-hydrogen) atoms. The fraction of sp³-hybridized carbons (Fsp3) is 0.320. The van der Waals surface area contributed by atoms with Gasteiger partial charge in [0.25, 0.3) is 11.8 Å². The molecule has 2 aromatic carbocycles. The van der Waals surface area contributed by atoms with Crippen molar-refractivity contribution in [2.24, 2.45) is 0 Å². The van der Waals surface area contributed by atoms with Crippen molar-refractivity contribution in [3.8, 4) is 0 Å². The second-order valence-corrected chi connectivity index (χ2v) is 8.79. The number of rotatable bonds is 5. The maximum Gasteiger partial charge on any atom is 0.416 e. The molecule has 2 heterocycles. The van der Waals surface area contributed by atoms with Crippen molar-refractivity contribution in [3.63, 3.8) is 0 Å². The summed E-state index contributed by atoms with van der Waals surface area (Å²) in [5.74, 6) is -0.766. The van der Waals surface area contributed by atoms with E-state index < -0.39 is 23.6 Å². The summed E-state index contributed by atoms with van der Waals surface area (Å²) in [5, 5.41) is 8.98. The Morgan fingerprint density at radius 1 is 0.972 bits per heavy atom. The van der Waals surface area contributed by atoms with E-state index >= 15 is 0 Å². The number of amides is 2. The smallest absolute Gasteiger partial charge is 0.369 e. The van der Waals surface area contributed by atoms with Crippen molar-refractivity contribution in [3.05, 3.63) is 70.6 Å². The highest BCUT2D eigenvalue weighted by molar-refractivity contribution is 6.07. The Morgan fingerprint density at radius 3 is 2.33 bits per heavy atom. The summed E-state index contributed by atoms with van der Waals surface area (Å²) < 4.78 is 45.8. The molecule has 0 unspecified atom stereocenters. The van der Waals surface area contributed by atoms with Crippen LogP contribution in [0.2, 0.25) is 0 Å². The summed E-state index contributed by atoms with van der Waals surface area (Å²) >= 11 is 0. The van der Waals surface area contributed by atoms with Crippen molar-refractivity contribution in [1.82, 2.24) is 10.1 Å². The van der Waals surface area contributed by atoms with E-state index in [1.807, 2.05) is 11.9 Å². The lowest BCUT2D eigenvalue weighted by Crippen LogP contribution is -2.44. The molecule has 11 heteroatoms. The zero-order chi connectivity index (χ0) is 26.0. The molecule has 0 radical (unpaired) electrons. The Hall–Kier alpha value is -3.86. The van der Waals surface area contributed by atoms with Crippen LogP contribution in [0.4, 0.5) is 30.2 Å². The molecule has 1 aromatic heterocycles. The first-order valence-electron chi connectivity index (χ1n) is 11.3. The Balaban J connectivity index is 1.57. The summed E-state index contributed by atoms with van der Waals surface area (Å²) in [6.45, 7) is 5.93. The maximum atomic E-state index is 13.6. The first-order chi connectivity index (χ1) is 17.0. The normalized spacial score (nSPS) is 14.6. The van der Waals surface area contributed by atoms with Gasteiger partial charge in [-0.3, -0.25) is 9.59 Å². The van der Waals surface area contributed by atoms with E-state index in [0.29, 0.717) is 49.0 Å². The Morgan fingerprint density at radius 2 is 1.69 bits per heavy atom. The lowest BCUT2D eigenvalue weighted by Gasteiger charge is -2.34. The van der Waals surface area contributed by atoms with Crippen LogP contribution in [0, 0.1) is 13.8 Å². The first-order valence-corrected chi connectivity index (χ1v) is 11.3. The fourth-order valence-corrected chi connectivity index (χ4v) is 3.90. The van der Waals surface area contributed by atoms with Gasteiger partial charge >= 0.3 is 6.18 Å². The van der Waals surface area contributed by atoms with Gasteiger partial charge in [0.2, 0.25) is 0 Å². The molecule has 2 N–H and O–H groups in total. The number of hydrogen-bond donors (Lipinski definition) is 2. The predicted molar refractivity (Wildman–Crippen MR) is 129 cm³/mol. The molecule has 190 valence electrons. The number of carbonyl (C=O) groups excluding carboxylic acids is 2. The molecule has 0 aliphatic carbocycles. The van der Waals surface area contributed by atoms with E-state index in [4.69, 9.17) is 4.52 Å². The third-order valence-corrected chi connectivity index (χ3v) is 6.11. The topological polar surface area (TPSA) is 90.7 Å². The number of anilines is 3.